The predicted octanol–water partition coefficient (Wildman–Crippen LogP) is 3.95. The second-order valence-electron chi connectivity index (χ2n) is 5.22. The van der Waals surface area contributed by atoms with Gasteiger partial charge < -0.3 is 9.42 Å². The van der Waals surface area contributed by atoms with Crippen LogP contribution in [0, 0.1) is 6.92 Å². The van der Waals surface area contributed by atoms with Crippen molar-refractivity contribution in [3.63, 3.8) is 0 Å². The molecule has 0 aliphatic heterocycles. The van der Waals surface area contributed by atoms with Gasteiger partial charge in [0.15, 0.2) is 0 Å². The highest BCUT2D eigenvalue weighted by Crippen LogP contribution is 2.22. The molecule has 128 valence electrons. The zero-order chi connectivity index (χ0) is 17.5. The van der Waals surface area contributed by atoms with Crippen LogP contribution in [0.2, 0.25) is 0 Å². The Morgan fingerprint density at radius 2 is 1.96 bits per heavy atom. The second kappa shape index (κ2) is 8.84. The average molecular weight is 364 g/mol. The zero-order valence-electron chi connectivity index (χ0n) is 14.0. The Kier molecular flexibility index (Phi) is 6.81. The van der Waals surface area contributed by atoms with Crippen molar-refractivity contribution in [1.29, 1.82) is 0 Å². The number of thiocarbonyl (C=S) groups is 1. The third-order valence-corrected chi connectivity index (χ3v) is 4.99. The third kappa shape index (κ3) is 5.07. The first-order valence-electron chi connectivity index (χ1n) is 7.78. The van der Waals surface area contributed by atoms with Crippen LogP contribution in [-0.2, 0) is 4.79 Å². The first-order valence-corrected chi connectivity index (χ1v) is 9.18. The van der Waals surface area contributed by atoms with Crippen LogP contribution in [0.15, 0.2) is 34.9 Å². The number of anilines is 1. The molecule has 24 heavy (non-hydrogen) atoms. The molecule has 2 rings (SSSR count). The molecule has 1 aromatic carbocycles. The highest BCUT2D eigenvalue weighted by molar-refractivity contribution is 8.23. The summed E-state index contributed by atoms with van der Waals surface area (Å²) in [4.78, 5) is 14.0. The minimum atomic E-state index is -0.166. The molecule has 0 radical (unpaired) electrons. The maximum Gasteiger partial charge on any atom is 0.237 e. The Morgan fingerprint density at radius 3 is 2.58 bits per heavy atom. The van der Waals surface area contributed by atoms with E-state index in [4.69, 9.17) is 16.7 Å². The molecule has 1 aromatic heterocycles. The van der Waals surface area contributed by atoms with Gasteiger partial charge in [0.05, 0.1) is 5.75 Å². The van der Waals surface area contributed by atoms with Gasteiger partial charge in [0.2, 0.25) is 11.8 Å². The van der Waals surface area contributed by atoms with Crippen LogP contribution >= 0.6 is 24.0 Å². The zero-order valence-corrected chi connectivity index (χ0v) is 15.7. The molecule has 0 spiro atoms. The van der Waals surface area contributed by atoms with Crippen molar-refractivity contribution in [3.8, 4) is 11.3 Å². The van der Waals surface area contributed by atoms with Crippen molar-refractivity contribution in [2.75, 3.05) is 24.2 Å². The standard InChI is InChI=1S/C17H21N3O2S2/c1-4-20(5-2)17(23)24-11-15(21)18-16-10-14(19-22-16)13-8-6-12(3)7-9-13/h6-10H,4-5,11H2,1-3H3,(H,18,21). The first-order chi connectivity index (χ1) is 11.5. The average Bonchev–Trinajstić information content (AvgIpc) is 3.03. The van der Waals surface area contributed by atoms with Crippen LogP contribution in [0.5, 0.6) is 0 Å². The molecule has 0 aliphatic rings. The Labute approximate surface area is 151 Å². The Balaban J connectivity index is 1.89. The molecular weight excluding hydrogens is 342 g/mol. The highest BCUT2D eigenvalue weighted by atomic mass is 32.2. The van der Waals surface area contributed by atoms with E-state index in [2.05, 4.69) is 10.5 Å². The quantitative estimate of drug-likeness (QED) is 0.784. The fraction of sp³-hybridized carbons (Fsp3) is 0.353. The van der Waals surface area contributed by atoms with Crippen LogP contribution in [0.1, 0.15) is 19.4 Å². The molecule has 0 fully saturated rings. The van der Waals surface area contributed by atoms with E-state index in [-0.39, 0.29) is 11.7 Å². The van der Waals surface area contributed by atoms with Crippen LogP contribution < -0.4 is 5.32 Å². The number of carbonyl (C=O) groups is 1. The molecule has 0 bridgehead atoms. The summed E-state index contributed by atoms with van der Waals surface area (Å²) < 4.78 is 5.91. The van der Waals surface area contributed by atoms with E-state index in [1.165, 1.54) is 17.3 Å². The number of rotatable bonds is 6. The number of aryl methyl sites for hydroxylation is 1. The second-order valence-corrected chi connectivity index (χ2v) is 6.83. The molecule has 0 saturated carbocycles. The van der Waals surface area contributed by atoms with Gasteiger partial charge in [0.1, 0.15) is 10.0 Å². The molecule has 1 heterocycles. The normalized spacial score (nSPS) is 10.5. The van der Waals surface area contributed by atoms with E-state index < -0.39 is 0 Å². The van der Waals surface area contributed by atoms with Gasteiger partial charge in [-0.3, -0.25) is 10.1 Å². The predicted molar refractivity (Wildman–Crippen MR) is 103 cm³/mol. The highest BCUT2D eigenvalue weighted by Gasteiger charge is 2.12. The first kappa shape index (κ1) is 18.5. The monoisotopic (exact) mass is 363 g/mol. The number of carbonyl (C=O) groups excluding carboxylic acids is 1. The van der Waals surface area contributed by atoms with E-state index in [9.17, 15) is 4.79 Å². The summed E-state index contributed by atoms with van der Waals surface area (Å²) in [6.07, 6.45) is 0. The van der Waals surface area contributed by atoms with Gasteiger partial charge in [-0.2, -0.15) is 0 Å². The molecule has 1 N–H and O–H groups in total. The summed E-state index contributed by atoms with van der Waals surface area (Å²) in [7, 11) is 0. The van der Waals surface area contributed by atoms with E-state index in [0.29, 0.717) is 11.6 Å². The lowest BCUT2D eigenvalue weighted by Crippen LogP contribution is -2.28. The van der Waals surface area contributed by atoms with Crippen LogP contribution in [0.4, 0.5) is 5.88 Å². The summed E-state index contributed by atoms with van der Waals surface area (Å²) in [5.41, 5.74) is 2.82. The minimum absolute atomic E-state index is 0.166. The molecule has 2 aromatic rings. The number of aromatic nitrogens is 1. The molecule has 0 saturated heterocycles. The van der Waals surface area contributed by atoms with Crippen molar-refractivity contribution in [3.05, 3.63) is 35.9 Å². The van der Waals surface area contributed by atoms with Crippen LogP contribution in [0.25, 0.3) is 11.3 Å². The summed E-state index contributed by atoms with van der Waals surface area (Å²) in [6.45, 7) is 7.78. The topological polar surface area (TPSA) is 58.4 Å². The van der Waals surface area contributed by atoms with Crippen LogP contribution in [-0.4, -0.2) is 39.1 Å². The van der Waals surface area contributed by atoms with E-state index >= 15 is 0 Å². The van der Waals surface area contributed by atoms with Crippen molar-refractivity contribution in [2.45, 2.75) is 20.8 Å². The van der Waals surface area contributed by atoms with Crippen molar-refractivity contribution < 1.29 is 9.32 Å². The number of hydrogen-bond acceptors (Lipinski definition) is 5. The van der Waals surface area contributed by atoms with Gasteiger partial charge in [-0.1, -0.05) is 59.0 Å². The molecule has 1 amide bonds. The number of nitrogens with zero attached hydrogens (tertiary/aromatic N) is 2. The SMILES string of the molecule is CCN(CC)C(=S)SCC(=O)Nc1cc(-c2ccc(C)cc2)no1. The fourth-order valence-electron chi connectivity index (χ4n) is 2.07. The molecule has 0 aliphatic carbocycles. The van der Waals surface area contributed by atoms with Gasteiger partial charge in [-0.25, -0.2) is 0 Å². The Morgan fingerprint density at radius 1 is 1.29 bits per heavy atom. The smallest absolute Gasteiger partial charge is 0.237 e. The number of benzene rings is 1. The fourth-order valence-corrected chi connectivity index (χ4v) is 3.27. The number of nitrogens with one attached hydrogen (secondary N) is 1. The summed E-state index contributed by atoms with van der Waals surface area (Å²) >= 11 is 6.66. The van der Waals surface area contributed by atoms with Gasteiger partial charge in [-0.15, -0.1) is 0 Å². The van der Waals surface area contributed by atoms with Gasteiger partial charge >= 0.3 is 0 Å². The number of amides is 1. The molecule has 0 atom stereocenters. The van der Waals surface area contributed by atoms with Gasteiger partial charge in [0, 0.05) is 24.7 Å². The lowest BCUT2D eigenvalue weighted by Gasteiger charge is -2.20. The largest absolute Gasteiger partial charge is 0.358 e. The van der Waals surface area contributed by atoms with Gasteiger partial charge in [0.25, 0.3) is 0 Å². The summed E-state index contributed by atoms with van der Waals surface area (Å²) in [5, 5.41) is 6.70. The summed E-state index contributed by atoms with van der Waals surface area (Å²) in [6, 6.07) is 9.67. The van der Waals surface area contributed by atoms with Gasteiger partial charge in [-0.05, 0) is 20.8 Å². The van der Waals surface area contributed by atoms with Crippen LogP contribution in [0.3, 0.4) is 0 Å². The molecule has 5 nitrogen and oxygen atoms in total. The maximum atomic E-state index is 12.0. The molecular formula is C17H21N3O2S2. The van der Waals surface area contributed by atoms with E-state index in [1.54, 1.807) is 6.07 Å². The van der Waals surface area contributed by atoms with Crippen molar-refractivity contribution in [2.24, 2.45) is 0 Å². The van der Waals surface area contributed by atoms with E-state index in [1.807, 2.05) is 49.9 Å². The molecule has 7 heteroatoms. The Bertz CT molecular complexity index is 694. The minimum Gasteiger partial charge on any atom is -0.358 e. The Hall–Kier alpha value is -1.86. The molecule has 0 unspecified atom stereocenters. The van der Waals surface area contributed by atoms with Crippen molar-refractivity contribution >= 4 is 40.1 Å². The lowest BCUT2D eigenvalue weighted by molar-refractivity contribution is -0.113. The van der Waals surface area contributed by atoms with Crippen molar-refractivity contribution in [1.82, 2.24) is 10.1 Å². The third-order valence-electron chi connectivity index (χ3n) is 3.47. The lowest BCUT2D eigenvalue weighted by atomic mass is 10.1. The number of hydrogen-bond donors (Lipinski definition) is 1. The maximum absolute atomic E-state index is 12.0. The summed E-state index contributed by atoms with van der Waals surface area (Å²) in [5.74, 6) is 0.418. The van der Waals surface area contributed by atoms with E-state index in [0.717, 1.165) is 23.0 Å². The number of thioether (sulfide) groups is 1.